The number of carbonyl (C=O) groups is 1. The normalized spacial score (nSPS) is 28.7. The number of aliphatic hydroxyl groups is 1. The van der Waals surface area contributed by atoms with Crippen LogP contribution in [0.15, 0.2) is 24.3 Å². The first-order valence-electron chi connectivity index (χ1n) is 9.29. The van der Waals surface area contributed by atoms with Crippen molar-refractivity contribution >= 4 is 5.91 Å². The number of benzene rings is 1. The van der Waals surface area contributed by atoms with Crippen LogP contribution in [0, 0.1) is 11.7 Å². The zero-order valence-corrected chi connectivity index (χ0v) is 14.8. The van der Waals surface area contributed by atoms with Crippen molar-refractivity contribution < 1.29 is 19.0 Å². The molecule has 0 spiro atoms. The highest BCUT2D eigenvalue weighted by molar-refractivity contribution is 5.79. The third-order valence-corrected chi connectivity index (χ3v) is 6.03. The van der Waals surface area contributed by atoms with Gasteiger partial charge in [-0.2, -0.15) is 0 Å². The molecule has 2 fully saturated rings. The maximum absolute atomic E-state index is 13.7. The molecule has 2 saturated carbocycles. The number of rotatable bonds is 5. The number of carbonyl (C=O) groups excluding carboxylic acids is 1. The lowest BCUT2D eigenvalue weighted by Gasteiger charge is -2.34. The molecule has 3 atom stereocenters. The summed E-state index contributed by atoms with van der Waals surface area (Å²) in [7, 11) is 1.58. The predicted molar refractivity (Wildman–Crippen MR) is 93.7 cm³/mol. The highest BCUT2D eigenvalue weighted by atomic mass is 19.1. The minimum Gasteiger partial charge on any atom is -0.390 e. The number of aliphatic hydroxyl groups excluding tert-OH is 1. The molecule has 1 amide bonds. The van der Waals surface area contributed by atoms with Gasteiger partial charge in [0.25, 0.3) is 0 Å². The standard InChI is InChI=1S/C20H28FNO3/c1-25-18-11-14(7-8-17(18)23)19(24)22-13-20(9-2-3-10-20)15-5-4-6-16(21)12-15/h4-6,12,14,17-18,23H,2-3,7-11,13H2,1H3,(H,22,24)/t14-,17+,18-/m1/s1. The molecule has 0 radical (unpaired) electrons. The Kier molecular flexibility index (Phi) is 5.74. The predicted octanol–water partition coefficient (Wildman–Crippen LogP) is 2.93. The SMILES string of the molecule is CO[C@@H]1C[C@H](C(=O)NCC2(c3cccc(F)c3)CCCC2)CC[C@@H]1O. The van der Waals surface area contributed by atoms with E-state index >= 15 is 0 Å². The highest BCUT2D eigenvalue weighted by Crippen LogP contribution is 2.41. The number of nitrogens with one attached hydrogen (secondary N) is 1. The van der Waals surface area contributed by atoms with Crippen molar-refractivity contribution in [2.24, 2.45) is 5.92 Å². The van der Waals surface area contributed by atoms with Crippen molar-refractivity contribution in [3.8, 4) is 0 Å². The summed E-state index contributed by atoms with van der Waals surface area (Å²) < 4.78 is 19.0. The molecule has 5 heteroatoms. The van der Waals surface area contributed by atoms with Gasteiger partial charge in [-0.05, 0) is 49.8 Å². The lowest BCUT2D eigenvalue weighted by atomic mass is 9.78. The maximum Gasteiger partial charge on any atom is 0.223 e. The van der Waals surface area contributed by atoms with Gasteiger partial charge in [0, 0.05) is 25.0 Å². The summed E-state index contributed by atoms with van der Waals surface area (Å²) in [6.45, 7) is 0.548. The Hall–Kier alpha value is -1.46. The van der Waals surface area contributed by atoms with Crippen LogP contribution in [0.5, 0.6) is 0 Å². The van der Waals surface area contributed by atoms with Crippen LogP contribution in [-0.4, -0.2) is 36.9 Å². The van der Waals surface area contributed by atoms with E-state index in [9.17, 15) is 14.3 Å². The number of ether oxygens (including phenoxy) is 1. The molecule has 0 unspecified atom stereocenters. The quantitative estimate of drug-likeness (QED) is 0.859. The average Bonchev–Trinajstić information content (AvgIpc) is 3.10. The van der Waals surface area contributed by atoms with Crippen molar-refractivity contribution in [3.63, 3.8) is 0 Å². The summed E-state index contributed by atoms with van der Waals surface area (Å²) >= 11 is 0. The Labute approximate surface area is 148 Å². The highest BCUT2D eigenvalue weighted by Gasteiger charge is 2.38. The molecule has 1 aromatic rings. The second kappa shape index (κ2) is 7.83. The van der Waals surface area contributed by atoms with Gasteiger partial charge in [0.15, 0.2) is 0 Å². The van der Waals surface area contributed by atoms with Gasteiger partial charge < -0.3 is 15.2 Å². The number of halogens is 1. The second-order valence-corrected chi connectivity index (χ2v) is 7.57. The van der Waals surface area contributed by atoms with Gasteiger partial charge in [-0.15, -0.1) is 0 Å². The van der Waals surface area contributed by atoms with E-state index in [1.165, 1.54) is 6.07 Å². The van der Waals surface area contributed by atoms with Crippen molar-refractivity contribution in [1.29, 1.82) is 0 Å². The summed E-state index contributed by atoms with van der Waals surface area (Å²) in [4.78, 5) is 12.6. The molecule has 25 heavy (non-hydrogen) atoms. The van der Waals surface area contributed by atoms with E-state index in [1.807, 2.05) is 6.07 Å². The molecule has 0 bridgehead atoms. The zero-order chi connectivity index (χ0) is 17.9. The van der Waals surface area contributed by atoms with E-state index < -0.39 is 6.10 Å². The number of methoxy groups -OCH3 is 1. The fourth-order valence-electron chi connectivity index (χ4n) is 4.44. The van der Waals surface area contributed by atoms with Crippen molar-refractivity contribution in [3.05, 3.63) is 35.6 Å². The molecule has 0 heterocycles. The lowest BCUT2D eigenvalue weighted by molar-refractivity contribution is -0.130. The zero-order valence-electron chi connectivity index (χ0n) is 14.8. The molecule has 4 nitrogen and oxygen atoms in total. The third-order valence-electron chi connectivity index (χ3n) is 6.03. The second-order valence-electron chi connectivity index (χ2n) is 7.57. The molecule has 0 saturated heterocycles. The van der Waals surface area contributed by atoms with Gasteiger partial charge in [-0.3, -0.25) is 4.79 Å². The summed E-state index contributed by atoms with van der Waals surface area (Å²) in [5.41, 5.74) is 0.825. The average molecular weight is 349 g/mol. The Morgan fingerprint density at radius 2 is 2.12 bits per heavy atom. The first-order valence-corrected chi connectivity index (χ1v) is 9.29. The van der Waals surface area contributed by atoms with Gasteiger partial charge in [-0.25, -0.2) is 4.39 Å². The number of hydrogen-bond donors (Lipinski definition) is 2. The van der Waals surface area contributed by atoms with E-state index in [-0.39, 0.29) is 29.2 Å². The molecular weight excluding hydrogens is 321 g/mol. The topological polar surface area (TPSA) is 58.6 Å². The molecular formula is C20H28FNO3. The minimum absolute atomic E-state index is 0.0247. The lowest BCUT2D eigenvalue weighted by Crippen LogP contribution is -2.45. The number of hydrogen-bond acceptors (Lipinski definition) is 3. The van der Waals surface area contributed by atoms with Crippen molar-refractivity contribution in [1.82, 2.24) is 5.32 Å². The molecule has 2 N–H and O–H groups in total. The van der Waals surface area contributed by atoms with Crippen molar-refractivity contribution in [2.75, 3.05) is 13.7 Å². The Morgan fingerprint density at radius 3 is 2.80 bits per heavy atom. The molecule has 3 rings (SSSR count). The van der Waals surface area contributed by atoms with Crippen LogP contribution in [0.4, 0.5) is 4.39 Å². The number of amides is 1. The third kappa shape index (κ3) is 4.04. The van der Waals surface area contributed by atoms with Crippen LogP contribution >= 0.6 is 0 Å². The summed E-state index contributed by atoms with van der Waals surface area (Å²) in [5.74, 6) is -0.324. The maximum atomic E-state index is 13.7. The Bertz CT molecular complexity index is 600. The van der Waals surface area contributed by atoms with Gasteiger partial charge in [-0.1, -0.05) is 25.0 Å². The van der Waals surface area contributed by atoms with Gasteiger partial charge in [0.05, 0.1) is 12.2 Å². The Morgan fingerprint density at radius 1 is 1.36 bits per heavy atom. The molecule has 0 aliphatic heterocycles. The van der Waals surface area contributed by atoms with Crippen molar-refractivity contribution in [2.45, 2.75) is 62.6 Å². The largest absolute Gasteiger partial charge is 0.390 e. The van der Waals surface area contributed by atoms with Gasteiger partial charge >= 0.3 is 0 Å². The molecule has 2 aliphatic carbocycles. The summed E-state index contributed by atoms with van der Waals surface area (Å²) in [6, 6.07) is 6.79. The van der Waals surface area contributed by atoms with E-state index in [2.05, 4.69) is 5.32 Å². The molecule has 0 aromatic heterocycles. The monoisotopic (exact) mass is 349 g/mol. The first-order chi connectivity index (χ1) is 12.0. The fraction of sp³-hybridized carbons (Fsp3) is 0.650. The summed E-state index contributed by atoms with van der Waals surface area (Å²) in [6.07, 6.45) is 5.22. The van der Waals surface area contributed by atoms with E-state index in [4.69, 9.17) is 4.74 Å². The fourth-order valence-corrected chi connectivity index (χ4v) is 4.44. The van der Waals surface area contributed by atoms with E-state index in [0.717, 1.165) is 31.2 Å². The van der Waals surface area contributed by atoms with Gasteiger partial charge in [0.1, 0.15) is 5.82 Å². The van der Waals surface area contributed by atoms with Crippen LogP contribution in [0.2, 0.25) is 0 Å². The van der Waals surface area contributed by atoms with Crippen LogP contribution in [-0.2, 0) is 14.9 Å². The molecule has 1 aromatic carbocycles. The summed E-state index contributed by atoms with van der Waals surface area (Å²) in [5, 5.41) is 13.0. The van der Waals surface area contributed by atoms with E-state index in [0.29, 0.717) is 25.8 Å². The first kappa shape index (κ1) is 18.3. The van der Waals surface area contributed by atoms with Crippen LogP contribution < -0.4 is 5.32 Å². The Balaban J connectivity index is 1.65. The van der Waals surface area contributed by atoms with Crippen LogP contribution in [0.3, 0.4) is 0 Å². The van der Waals surface area contributed by atoms with E-state index in [1.54, 1.807) is 19.2 Å². The minimum atomic E-state index is -0.484. The molecule has 2 aliphatic rings. The van der Waals surface area contributed by atoms with Gasteiger partial charge in [0.2, 0.25) is 5.91 Å². The molecule has 138 valence electrons. The smallest absolute Gasteiger partial charge is 0.223 e. The van der Waals surface area contributed by atoms with Crippen LogP contribution in [0.1, 0.15) is 50.5 Å². The van der Waals surface area contributed by atoms with Crippen LogP contribution in [0.25, 0.3) is 0 Å².